The summed E-state index contributed by atoms with van der Waals surface area (Å²) in [5, 5.41) is 18.6. The van der Waals surface area contributed by atoms with E-state index in [2.05, 4.69) is 28.4 Å². The molecule has 2 heterocycles. The molecule has 0 saturated heterocycles. The van der Waals surface area contributed by atoms with Gasteiger partial charge >= 0.3 is 5.69 Å². The van der Waals surface area contributed by atoms with Gasteiger partial charge in [-0.3, -0.25) is 19.6 Å². The third kappa shape index (κ3) is 4.06. The molecule has 0 bridgehead atoms. The van der Waals surface area contributed by atoms with Gasteiger partial charge in [0.2, 0.25) is 5.91 Å². The molecule has 1 N–H and O–H groups in total. The average molecular weight is 421 g/mol. The lowest BCUT2D eigenvalue weighted by Crippen LogP contribution is -2.15. The molecule has 8 nitrogen and oxygen atoms in total. The summed E-state index contributed by atoms with van der Waals surface area (Å²) >= 11 is 1.64. The molecule has 0 aliphatic heterocycles. The number of fused-ring (bicyclic) bond motifs is 1. The van der Waals surface area contributed by atoms with Crippen molar-refractivity contribution >= 4 is 38.8 Å². The van der Waals surface area contributed by atoms with Gasteiger partial charge in [0.25, 0.3) is 0 Å². The fourth-order valence-electron chi connectivity index (χ4n) is 3.12. The standard InChI is InChI=1S/C21H19N5O3S/c1-13-3-8-17-19(11-13)30-21(24-17)15-4-6-16(7-5-15)23-20(27)9-10-25-14(2)18(12-22-25)26(28)29/h3-8,11-12H,9-10H2,1-2H3,(H,23,27). The number of hydrogen-bond donors (Lipinski definition) is 1. The van der Waals surface area contributed by atoms with Crippen LogP contribution >= 0.6 is 11.3 Å². The lowest BCUT2D eigenvalue weighted by atomic mass is 10.2. The molecule has 2 aromatic carbocycles. The Labute approximate surface area is 176 Å². The molecule has 0 radical (unpaired) electrons. The normalized spacial score (nSPS) is 11.0. The third-order valence-corrected chi connectivity index (χ3v) is 5.85. The Hall–Kier alpha value is -3.59. The van der Waals surface area contributed by atoms with Crippen LogP contribution in [0.3, 0.4) is 0 Å². The van der Waals surface area contributed by atoms with E-state index in [1.165, 1.54) is 16.4 Å². The molecule has 152 valence electrons. The number of anilines is 1. The van der Waals surface area contributed by atoms with Crippen molar-refractivity contribution in [2.24, 2.45) is 0 Å². The summed E-state index contributed by atoms with van der Waals surface area (Å²) in [7, 11) is 0. The number of hydrogen-bond acceptors (Lipinski definition) is 6. The summed E-state index contributed by atoms with van der Waals surface area (Å²) in [4.78, 5) is 27.3. The number of nitrogens with one attached hydrogen (secondary N) is 1. The third-order valence-electron chi connectivity index (χ3n) is 4.78. The molecule has 1 amide bonds. The Kier molecular flexibility index (Phi) is 5.28. The summed E-state index contributed by atoms with van der Waals surface area (Å²) in [5.74, 6) is -0.184. The highest BCUT2D eigenvalue weighted by Gasteiger charge is 2.16. The van der Waals surface area contributed by atoms with Gasteiger partial charge in [-0.1, -0.05) is 6.07 Å². The minimum absolute atomic E-state index is 0.0454. The van der Waals surface area contributed by atoms with E-state index in [-0.39, 0.29) is 24.6 Å². The molecule has 30 heavy (non-hydrogen) atoms. The number of rotatable bonds is 6. The van der Waals surface area contributed by atoms with Crippen molar-refractivity contribution in [1.29, 1.82) is 0 Å². The van der Waals surface area contributed by atoms with E-state index in [1.54, 1.807) is 18.3 Å². The number of aromatic nitrogens is 3. The molecule has 0 fully saturated rings. The molecule has 2 aromatic heterocycles. The maximum absolute atomic E-state index is 12.2. The molecule has 9 heteroatoms. The topological polar surface area (TPSA) is 103 Å². The van der Waals surface area contributed by atoms with E-state index in [1.807, 2.05) is 36.4 Å². The molecular weight excluding hydrogens is 402 g/mol. The summed E-state index contributed by atoms with van der Waals surface area (Å²) in [6, 6.07) is 13.7. The first kappa shape index (κ1) is 19.7. The van der Waals surface area contributed by atoms with E-state index in [0.717, 1.165) is 20.8 Å². The molecule has 0 spiro atoms. The summed E-state index contributed by atoms with van der Waals surface area (Å²) in [5.41, 5.74) is 4.25. The Balaban J connectivity index is 1.39. The molecule has 4 aromatic rings. The van der Waals surface area contributed by atoms with E-state index in [9.17, 15) is 14.9 Å². The van der Waals surface area contributed by atoms with Gasteiger partial charge in [0, 0.05) is 17.7 Å². The van der Waals surface area contributed by atoms with Crippen molar-refractivity contribution in [3.8, 4) is 10.6 Å². The van der Waals surface area contributed by atoms with E-state index >= 15 is 0 Å². The predicted molar refractivity (Wildman–Crippen MR) is 117 cm³/mol. The van der Waals surface area contributed by atoms with Crippen LogP contribution in [0.2, 0.25) is 0 Å². The molecule has 0 atom stereocenters. The smallest absolute Gasteiger partial charge is 0.309 e. The Morgan fingerprint density at radius 2 is 1.97 bits per heavy atom. The average Bonchev–Trinajstić information content (AvgIpc) is 3.30. The van der Waals surface area contributed by atoms with Crippen molar-refractivity contribution < 1.29 is 9.72 Å². The van der Waals surface area contributed by atoms with Gasteiger partial charge in [0.15, 0.2) is 0 Å². The first-order valence-corrected chi connectivity index (χ1v) is 10.2. The van der Waals surface area contributed by atoms with Crippen LogP contribution < -0.4 is 5.32 Å². The Morgan fingerprint density at radius 3 is 2.67 bits per heavy atom. The Morgan fingerprint density at radius 1 is 1.20 bits per heavy atom. The molecule has 0 saturated carbocycles. The lowest BCUT2D eigenvalue weighted by molar-refractivity contribution is -0.385. The lowest BCUT2D eigenvalue weighted by Gasteiger charge is -2.07. The van der Waals surface area contributed by atoms with Gasteiger partial charge < -0.3 is 5.32 Å². The molecule has 0 aliphatic carbocycles. The maximum atomic E-state index is 12.2. The highest BCUT2D eigenvalue weighted by atomic mass is 32.1. The van der Waals surface area contributed by atoms with Crippen LogP contribution in [0.1, 0.15) is 17.7 Å². The van der Waals surface area contributed by atoms with Crippen molar-refractivity contribution in [2.75, 3.05) is 5.32 Å². The minimum atomic E-state index is -0.479. The number of carbonyl (C=O) groups excluding carboxylic acids is 1. The number of aryl methyl sites for hydroxylation is 2. The summed E-state index contributed by atoms with van der Waals surface area (Å²) in [6.07, 6.45) is 1.37. The van der Waals surface area contributed by atoms with Gasteiger partial charge in [-0.05, 0) is 55.8 Å². The second kappa shape index (κ2) is 8.03. The van der Waals surface area contributed by atoms with Crippen molar-refractivity contribution in [1.82, 2.24) is 14.8 Å². The molecule has 4 rings (SSSR count). The van der Waals surface area contributed by atoms with Gasteiger partial charge in [-0.15, -0.1) is 11.3 Å². The van der Waals surface area contributed by atoms with Gasteiger partial charge in [-0.25, -0.2) is 4.98 Å². The SMILES string of the molecule is Cc1ccc2nc(-c3ccc(NC(=O)CCn4ncc([N+](=O)[O-])c4C)cc3)sc2c1. The van der Waals surface area contributed by atoms with Gasteiger partial charge in [-0.2, -0.15) is 5.10 Å². The number of benzene rings is 2. The zero-order valence-electron chi connectivity index (χ0n) is 16.5. The molecule has 0 unspecified atom stereocenters. The predicted octanol–water partition coefficient (Wildman–Crippen LogP) is 4.71. The van der Waals surface area contributed by atoms with Crippen LogP contribution in [-0.4, -0.2) is 25.6 Å². The second-order valence-corrected chi connectivity index (χ2v) is 7.99. The number of nitro groups is 1. The maximum Gasteiger partial charge on any atom is 0.309 e. The van der Waals surface area contributed by atoms with E-state index in [4.69, 9.17) is 0 Å². The van der Waals surface area contributed by atoms with Crippen LogP contribution in [0.4, 0.5) is 11.4 Å². The second-order valence-electron chi connectivity index (χ2n) is 6.96. The molecular formula is C21H19N5O3S. The zero-order chi connectivity index (χ0) is 21.3. The first-order valence-electron chi connectivity index (χ1n) is 9.35. The largest absolute Gasteiger partial charge is 0.326 e. The first-order chi connectivity index (χ1) is 14.4. The van der Waals surface area contributed by atoms with Crippen LogP contribution in [0.15, 0.2) is 48.7 Å². The fraction of sp³-hybridized carbons (Fsp3) is 0.190. The number of thiazole rings is 1. The highest BCUT2D eigenvalue weighted by Crippen LogP contribution is 2.31. The van der Waals surface area contributed by atoms with Crippen LogP contribution in [0.25, 0.3) is 20.8 Å². The van der Waals surface area contributed by atoms with E-state index < -0.39 is 4.92 Å². The van der Waals surface area contributed by atoms with Crippen LogP contribution in [0, 0.1) is 24.0 Å². The van der Waals surface area contributed by atoms with Crippen molar-refractivity contribution in [3.05, 3.63) is 70.0 Å². The zero-order valence-corrected chi connectivity index (χ0v) is 17.3. The van der Waals surface area contributed by atoms with Crippen LogP contribution in [-0.2, 0) is 11.3 Å². The van der Waals surface area contributed by atoms with Crippen molar-refractivity contribution in [3.63, 3.8) is 0 Å². The minimum Gasteiger partial charge on any atom is -0.326 e. The summed E-state index contributed by atoms with van der Waals surface area (Å²) in [6.45, 7) is 3.95. The van der Waals surface area contributed by atoms with Gasteiger partial charge in [0.05, 0.1) is 21.7 Å². The van der Waals surface area contributed by atoms with E-state index in [0.29, 0.717) is 11.4 Å². The Bertz CT molecular complexity index is 1240. The monoisotopic (exact) mass is 421 g/mol. The number of nitrogens with zero attached hydrogens (tertiary/aromatic N) is 4. The fourth-order valence-corrected chi connectivity index (χ4v) is 4.19. The van der Waals surface area contributed by atoms with Crippen molar-refractivity contribution in [2.45, 2.75) is 26.8 Å². The number of amides is 1. The molecule has 0 aliphatic rings. The van der Waals surface area contributed by atoms with Gasteiger partial charge in [0.1, 0.15) is 16.9 Å². The summed E-state index contributed by atoms with van der Waals surface area (Å²) < 4.78 is 2.62. The van der Waals surface area contributed by atoms with Crippen LogP contribution in [0.5, 0.6) is 0 Å². The quantitative estimate of drug-likeness (QED) is 0.359. The number of carbonyl (C=O) groups is 1. The highest BCUT2D eigenvalue weighted by molar-refractivity contribution is 7.21.